The van der Waals surface area contributed by atoms with Gasteiger partial charge in [0.05, 0.1) is 13.7 Å². The van der Waals surface area contributed by atoms with Crippen LogP contribution in [0.5, 0.6) is 5.75 Å². The molecule has 35 heavy (non-hydrogen) atoms. The summed E-state index contributed by atoms with van der Waals surface area (Å²) in [7, 11) is 3.26. The lowest BCUT2D eigenvalue weighted by Crippen LogP contribution is -2.27. The molecule has 0 atom stereocenters. The van der Waals surface area contributed by atoms with Crippen molar-refractivity contribution in [3.63, 3.8) is 0 Å². The Kier molecular flexibility index (Phi) is 8.18. The van der Waals surface area contributed by atoms with E-state index in [9.17, 15) is 4.79 Å². The van der Waals surface area contributed by atoms with Crippen LogP contribution in [0.15, 0.2) is 78.0 Å². The Bertz CT molecular complexity index is 1270. The van der Waals surface area contributed by atoms with Gasteiger partial charge in [0.2, 0.25) is 0 Å². The van der Waals surface area contributed by atoms with Crippen LogP contribution in [0.4, 0.5) is 0 Å². The summed E-state index contributed by atoms with van der Waals surface area (Å²) in [5.74, 6) is 1.98. The van der Waals surface area contributed by atoms with Gasteiger partial charge in [-0.3, -0.25) is 9.36 Å². The van der Waals surface area contributed by atoms with Crippen molar-refractivity contribution in [3.8, 4) is 22.8 Å². The fourth-order valence-corrected chi connectivity index (χ4v) is 4.54. The van der Waals surface area contributed by atoms with Crippen LogP contribution in [0.1, 0.15) is 21.5 Å². The predicted octanol–water partition coefficient (Wildman–Crippen LogP) is 4.92. The van der Waals surface area contributed by atoms with Gasteiger partial charge in [-0.25, -0.2) is 0 Å². The number of aryl methyl sites for hydroxylation is 1. The molecule has 4 aromatic rings. The Hall–Kier alpha value is -3.62. The summed E-state index contributed by atoms with van der Waals surface area (Å²) >= 11 is 1.54. The van der Waals surface area contributed by atoms with Crippen LogP contribution in [0, 0.1) is 6.92 Å². The van der Waals surface area contributed by atoms with Gasteiger partial charge in [-0.05, 0) is 42.8 Å². The molecule has 0 bridgehead atoms. The normalized spacial score (nSPS) is 10.8. The highest BCUT2D eigenvalue weighted by molar-refractivity contribution is 7.98. The molecule has 0 aliphatic carbocycles. The molecule has 0 saturated carbocycles. The third-order valence-electron chi connectivity index (χ3n) is 5.48. The minimum absolute atomic E-state index is 0.116. The van der Waals surface area contributed by atoms with Crippen molar-refractivity contribution in [1.29, 1.82) is 0 Å². The van der Waals surface area contributed by atoms with Gasteiger partial charge in [-0.15, -0.1) is 10.2 Å². The predicted molar refractivity (Wildman–Crippen MR) is 138 cm³/mol. The molecule has 0 saturated heterocycles. The Morgan fingerprint density at radius 3 is 2.43 bits per heavy atom. The van der Waals surface area contributed by atoms with E-state index in [0.29, 0.717) is 24.5 Å². The number of methoxy groups -OCH3 is 2. The van der Waals surface area contributed by atoms with Crippen LogP contribution >= 0.6 is 11.8 Å². The minimum Gasteiger partial charge on any atom is -0.497 e. The molecule has 0 aliphatic heterocycles. The standard InChI is InChI=1S/C27H28N4O3S/c1-19-8-10-20(11-9-19)25-29-30-27(31(25)22-12-14-23(34-3)15-13-22)35-18-21-6-4-5-7-24(21)26(32)28-16-17-33-2/h4-15H,16-18H2,1-3H3,(H,28,32). The zero-order chi connectivity index (χ0) is 24.6. The van der Waals surface area contributed by atoms with Crippen molar-refractivity contribution in [1.82, 2.24) is 20.1 Å². The SMILES string of the molecule is COCCNC(=O)c1ccccc1CSc1nnc(-c2ccc(C)cc2)n1-c1ccc(OC)cc1. The lowest BCUT2D eigenvalue weighted by Gasteiger charge is -2.13. The number of ether oxygens (including phenoxy) is 2. The fourth-order valence-electron chi connectivity index (χ4n) is 3.59. The van der Waals surface area contributed by atoms with E-state index in [4.69, 9.17) is 9.47 Å². The quantitative estimate of drug-likeness (QED) is 0.252. The van der Waals surface area contributed by atoms with Crippen molar-refractivity contribution in [2.45, 2.75) is 17.8 Å². The van der Waals surface area contributed by atoms with Crippen molar-refractivity contribution < 1.29 is 14.3 Å². The van der Waals surface area contributed by atoms with E-state index in [1.807, 2.05) is 65.2 Å². The average Bonchev–Trinajstić information content (AvgIpc) is 3.32. The highest BCUT2D eigenvalue weighted by atomic mass is 32.2. The van der Waals surface area contributed by atoms with E-state index in [-0.39, 0.29) is 5.91 Å². The molecule has 0 aliphatic rings. The topological polar surface area (TPSA) is 78.3 Å². The second-order valence-electron chi connectivity index (χ2n) is 7.90. The highest BCUT2D eigenvalue weighted by Gasteiger charge is 2.18. The van der Waals surface area contributed by atoms with Gasteiger partial charge in [0.15, 0.2) is 11.0 Å². The molecule has 0 radical (unpaired) electrons. The molecule has 1 N–H and O–H groups in total. The molecule has 0 unspecified atom stereocenters. The maximum Gasteiger partial charge on any atom is 0.251 e. The van der Waals surface area contributed by atoms with Gasteiger partial charge in [0.1, 0.15) is 5.75 Å². The van der Waals surface area contributed by atoms with E-state index in [1.165, 1.54) is 17.3 Å². The van der Waals surface area contributed by atoms with E-state index < -0.39 is 0 Å². The summed E-state index contributed by atoms with van der Waals surface area (Å²) in [6, 6.07) is 23.6. The third kappa shape index (κ3) is 5.90. The molecule has 0 spiro atoms. The van der Waals surface area contributed by atoms with Crippen molar-refractivity contribution >= 4 is 17.7 Å². The number of amides is 1. The van der Waals surface area contributed by atoms with Gasteiger partial charge >= 0.3 is 0 Å². The van der Waals surface area contributed by atoms with Crippen LogP contribution in [-0.2, 0) is 10.5 Å². The van der Waals surface area contributed by atoms with E-state index in [0.717, 1.165) is 33.5 Å². The number of nitrogens with one attached hydrogen (secondary N) is 1. The first-order valence-electron chi connectivity index (χ1n) is 11.3. The number of hydrogen-bond acceptors (Lipinski definition) is 6. The number of aromatic nitrogens is 3. The molecule has 3 aromatic carbocycles. The van der Waals surface area contributed by atoms with Crippen molar-refractivity contribution in [2.24, 2.45) is 0 Å². The number of thioether (sulfide) groups is 1. The van der Waals surface area contributed by atoms with E-state index in [1.54, 1.807) is 14.2 Å². The molecule has 8 heteroatoms. The number of nitrogens with zero attached hydrogens (tertiary/aromatic N) is 3. The first-order chi connectivity index (χ1) is 17.1. The highest BCUT2D eigenvalue weighted by Crippen LogP contribution is 2.31. The zero-order valence-electron chi connectivity index (χ0n) is 20.0. The molecule has 1 heterocycles. The number of rotatable bonds is 10. The Labute approximate surface area is 209 Å². The molecule has 1 aromatic heterocycles. The summed E-state index contributed by atoms with van der Waals surface area (Å²) < 4.78 is 12.4. The number of benzene rings is 3. The number of carbonyl (C=O) groups is 1. The van der Waals surface area contributed by atoms with Crippen LogP contribution in [-0.4, -0.2) is 48.0 Å². The number of hydrogen-bond donors (Lipinski definition) is 1. The van der Waals surface area contributed by atoms with Gasteiger partial charge in [0, 0.05) is 36.2 Å². The Morgan fingerprint density at radius 2 is 1.71 bits per heavy atom. The Balaban J connectivity index is 1.64. The lowest BCUT2D eigenvalue weighted by molar-refractivity contribution is 0.0936. The summed E-state index contributed by atoms with van der Waals surface area (Å²) in [5.41, 5.74) is 4.65. The Morgan fingerprint density at radius 1 is 0.971 bits per heavy atom. The summed E-state index contributed by atoms with van der Waals surface area (Å²) in [6.45, 7) is 2.99. The maximum atomic E-state index is 12.7. The van der Waals surface area contributed by atoms with Gasteiger partial charge in [-0.2, -0.15) is 0 Å². The van der Waals surface area contributed by atoms with Gasteiger partial charge in [-0.1, -0.05) is 59.8 Å². The average molecular weight is 489 g/mol. The molecule has 4 rings (SSSR count). The summed E-state index contributed by atoms with van der Waals surface area (Å²) in [5, 5.41) is 12.7. The van der Waals surface area contributed by atoms with Crippen LogP contribution in [0.25, 0.3) is 17.1 Å². The lowest BCUT2D eigenvalue weighted by atomic mass is 10.1. The second kappa shape index (κ2) is 11.7. The smallest absolute Gasteiger partial charge is 0.251 e. The monoisotopic (exact) mass is 488 g/mol. The van der Waals surface area contributed by atoms with Crippen LogP contribution in [0.3, 0.4) is 0 Å². The fraction of sp³-hybridized carbons (Fsp3) is 0.222. The third-order valence-corrected chi connectivity index (χ3v) is 6.46. The van der Waals surface area contributed by atoms with Gasteiger partial charge in [0.25, 0.3) is 5.91 Å². The largest absolute Gasteiger partial charge is 0.497 e. The van der Waals surface area contributed by atoms with E-state index >= 15 is 0 Å². The van der Waals surface area contributed by atoms with E-state index in [2.05, 4.69) is 34.6 Å². The minimum atomic E-state index is -0.116. The maximum absolute atomic E-state index is 12.7. The van der Waals surface area contributed by atoms with Gasteiger partial charge < -0.3 is 14.8 Å². The van der Waals surface area contributed by atoms with Crippen molar-refractivity contribution in [3.05, 3.63) is 89.5 Å². The van der Waals surface area contributed by atoms with Crippen molar-refractivity contribution in [2.75, 3.05) is 27.4 Å². The number of carbonyl (C=O) groups excluding carboxylic acids is 1. The molecular weight excluding hydrogens is 460 g/mol. The summed E-state index contributed by atoms with van der Waals surface area (Å²) in [4.78, 5) is 12.7. The molecule has 7 nitrogen and oxygen atoms in total. The molecule has 180 valence electrons. The first-order valence-corrected chi connectivity index (χ1v) is 12.2. The van der Waals surface area contributed by atoms with Crippen LogP contribution < -0.4 is 10.1 Å². The second-order valence-corrected chi connectivity index (χ2v) is 8.84. The van der Waals surface area contributed by atoms with Crippen LogP contribution in [0.2, 0.25) is 0 Å². The molecule has 1 amide bonds. The molecular formula is C27H28N4O3S. The summed E-state index contributed by atoms with van der Waals surface area (Å²) in [6.07, 6.45) is 0. The zero-order valence-corrected chi connectivity index (χ0v) is 20.8. The first kappa shape index (κ1) is 24.5. The molecule has 0 fully saturated rings.